The molecule has 0 aliphatic carbocycles. The fourth-order valence-electron chi connectivity index (χ4n) is 4.93. The monoisotopic (exact) mass is 484 g/mol. The topological polar surface area (TPSA) is 124 Å². The lowest BCUT2D eigenvalue weighted by Crippen LogP contribution is -2.42. The molecule has 3 heterocycles. The quantitative estimate of drug-likeness (QED) is 0.597. The lowest BCUT2D eigenvalue weighted by atomic mass is 9.88. The predicted octanol–water partition coefficient (Wildman–Crippen LogP) is 3.58. The zero-order chi connectivity index (χ0) is 25.5. The number of hydrogen-bond acceptors (Lipinski definition) is 9. The van der Waals surface area contributed by atoms with Crippen LogP contribution in [0.5, 0.6) is 28.7 Å². The summed E-state index contributed by atoms with van der Waals surface area (Å²) >= 11 is 0. The molecule has 35 heavy (non-hydrogen) atoms. The van der Waals surface area contributed by atoms with Crippen LogP contribution in [0.3, 0.4) is 0 Å². The highest BCUT2D eigenvalue weighted by atomic mass is 16.7. The third-order valence-electron chi connectivity index (χ3n) is 6.60. The third-order valence-corrected chi connectivity index (χ3v) is 6.60. The SMILES string of the molecule is CO[C@@H]1c2c3c(c4c(c2O[C@H]1C(C)(C)O)C(=O)[C@](OC)(c1ccc(O)cc1O)O4)C=CC(C)(C)O3. The molecule has 2 aromatic rings. The molecule has 0 fully saturated rings. The summed E-state index contributed by atoms with van der Waals surface area (Å²) in [7, 11) is 2.79. The molecule has 5 rings (SSSR count). The van der Waals surface area contributed by atoms with E-state index in [1.165, 1.54) is 26.4 Å². The number of rotatable bonds is 4. The van der Waals surface area contributed by atoms with Crippen LogP contribution < -0.4 is 14.2 Å². The Bertz CT molecular complexity index is 1270. The predicted molar refractivity (Wildman–Crippen MR) is 124 cm³/mol. The summed E-state index contributed by atoms with van der Waals surface area (Å²) in [6, 6.07) is 3.78. The molecule has 0 saturated heterocycles. The second-order valence-electron chi connectivity index (χ2n) is 10.0. The first-order chi connectivity index (χ1) is 16.3. The standard InChI is InChI=1S/C26H28O9/c1-24(2)10-9-13-18(34-24)16-20(33-23(21(16)31-5)25(3,4)30)17-19(13)35-26(32-6,22(17)29)14-8-7-12(27)11-15(14)28/h7-11,21,23,27-28,30H,1-6H3/t21-,23-,26+/m1/s1. The van der Waals surface area contributed by atoms with E-state index in [2.05, 4.69) is 0 Å². The van der Waals surface area contributed by atoms with E-state index in [0.29, 0.717) is 16.9 Å². The van der Waals surface area contributed by atoms with Crippen molar-refractivity contribution in [2.75, 3.05) is 14.2 Å². The zero-order valence-electron chi connectivity index (χ0n) is 20.3. The van der Waals surface area contributed by atoms with Crippen molar-refractivity contribution in [3.63, 3.8) is 0 Å². The summed E-state index contributed by atoms with van der Waals surface area (Å²) in [4.78, 5) is 14.0. The molecule has 3 atom stereocenters. The van der Waals surface area contributed by atoms with Gasteiger partial charge in [-0.2, -0.15) is 0 Å². The van der Waals surface area contributed by atoms with Crippen LogP contribution in [-0.2, 0) is 15.3 Å². The van der Waals surface area contributed by atoms with Crippen molar-refractivity contribution in [3.05, 3.63) is 46.5 Å². The van der Waals surface area contributed by atoms with Gasteiger partial charge in [0.1, 0.15) is 46.0 Å². The molecule has 0 aromatic heterocycles. The van der Waals surface area contributed by atoms with Gasteiger partial charge in [0, 0.05) is 20.3 Å². The van der Waals surface area contributed by atoms with E-state index >= 15 is 0 Å². The van der Waals surface area contributed by atoms with Gasteiger partial charge in [-0.3, -0.25) is 4.79 Å². The lowest BCUT2D eigenvalue weighted by Gasteiger charge is -2.32. The Morgan fingerprint density at radius 1 is 1.06 bits per heavy atom. The summed E-state index contributed by atoms with van der Waals surface area (Å²) in [5, 5.41) is 31.2. The Balaban J connectivity index is 1.80. The van der Waals surface area contributed by atoms with Gasteiger partial charge < -0.3 is 39.0 Å². The summed E-state index contributed by atoms with van der Waals surface area (Å²) < 4.78 is 30.1. The number of aliphatic hydroxyl groups is 1. The van der Waals surface area contributed by atoms with Crippen molar-refractivity contribution in [2.24, 2.45) is 0 Å². The molecule has 9 nitrogen and oxygen atoms in total. The number of fused-ring (bicyclic) bond motifs is 6. The number of carbonyl (C=O) groups is 1. The van der Waals surface area contributed by atoms with Gasteiger partial charge in [0.05, 0.1) is 22.3 Å². The van der Waals surface area contributed by atoms with E-state index in [0.717, 1.165) is 6.07 Å². The summed E-state index contributed by atoms with van der Waals surface area (Å²) in [6.07, 6.45) is 2.06. The Hall–Kier alpha value is -3.27. The number of phenolic OH excluding ortho intramolecular Hbond substituents is 2. The highest BCUT2D eigenvalue weighted by Gasteiger charge is 2.58. The van der Waals surface area contributed by atoms with Crippen molar-refractivity contribution in [1.82, 2.24) is 0 Å². The molecule has 2 aromatic carbocycles. The van der Waals surface area contributed by atoms with E-state index in [1.807, 2.05) is 19.9 Å². The molecular weight excluding hydrogens is 456 g/mol. The van der Waals surface area contributed by atoms with Gasteiger partial charge in [-0.25, -0.2) is 0 Å². The number of ketones is 1. The highest BCUT2D eigenvalue weighted by Crippen LogP contribution is 2.60. The lowest BCUT2D eigenvalue weighted by molar-refractivity contribution is -0.125. The molecule has 0 saturated carbocycles. The minimum Gasteiger partial charge on any atom is -0.508 e. The van der Waals surface area contributed by atoms with Crippen molar-refractivity contribution in [1.29, 1.82) is 0 Å². The smallest absolute Gasteiger partial charge is 0.306 e. The van der Waals surface area contributed by atoms with Crippen LogP contribution in [0.1, 0.15) is 60.8 Å². The minimum absolute atomic E-state index is 0.0165. The molecule has 3 aliphatic rings. The van der Waals surface area contributed by atoms with Gasteiger partial charge >= 0.3 is 5.79 Å². The van der Waals surface area contributed by atoms with Crippen molar-refractivity contribution in [3.8, 4) is 28.7 Å². The number of carbonyl (C=O) groups excluding carboxylic acids is 1. The molecule has 186 valence electrons. The number of Topliss-reactive ketones (excluding diaryl/α,β-unsaturated/α-hetero) is 1. The maximum Gasteiger partial charge on any atom is 0.306 e. The highest BCUT2D eigenvalue weighted by molar-refractivity contribution is 6.11. The van der Waals surface area contributed by atoms with Crippen molar-refractivity contribution >= 4 is 11.9 Å². The average molecular weight is 485 g/mol. The van der Waals surface area contributed by atoms with Crippen molar-refractivity contribution in [2.45, 2.75) is 56.9 Å². The first-order valence-electron chi connectivity index (χ1n) is 11.2. The van der Waals surface area contributed by atoms with Crippen LogP contribution in [0, 0.1) is 0 Å². The number of methoxy groups -OCH3 is 2. The molecule has 0 unspecified atom stereocenters. The molecular formula is C26H28O9. The Kier molecular flexibility index (Phi) is 4.94. The van der Waals surface area contributed by atoms with Crippen LogP contribution in [0.4, 0.5) is 0 Å². The van der Waals surface area contributed by atoms with Gasteiger partial charge in [0.25, 0.3) is 0 Å². The number of phenols is 2. The summed E-state index contributed by atoms with van der Waals surface area (Å²) in [5.41, 5.74) is -0.903. The van der Waals surface area contributed by atoms with E-state index in [9.17, 15) is 20.1 Å². The third kappa shape index (κ3) is 3.22. The van der Waals surface area contributed by atoms with Gasteiger partial charge in [0.15, 0.2) is 6.10 Å². The van der Waals surface area contributed by atoms with Crippen LogP contribution >= 0.6 is 0 Å². The second-order valence-corrected chi connectivity index (χ2v) is 10.0. The first kappa shape index (κ1) is 23.5. The number of benzene rings is 2. The van der Waals surface area contributed by atoms with E-state index < -0.39 is 35.0 Å². The van der Waals surface area contributed by atoms with E-state index in [4.69, 9.17) is 23.7 Å². The Morgan fingerprint density at radius 3 is 2.37 bits per heavy atom. The summed E-state index contributed by atoms with van der Waals surface area (Å²) in [6.45, 7) is 6.96. The van der Waals surface area contributed by atoms with Gasteiger partial charge in [-0.1, -0.05) is 0 Å². The molecule has 0 radical (unpaired) electrons. The average Bonchev–Trinajstić information content (AvgIpc) is 3.29. The van der Waals surface area contributed by atoms with Crippen molar-refractivity contribution < 1.29 is 43.8 Å². The second kappa shape index (κ2) is 7.36. The summed E-state index contributed by atoms with van der Waals surface area (Å²) in [5.74, 6) is -2.46. The fourth-order valence-corrected chi connectivity index (χ4v) is 4.93. The molecule has 0 bridgehead atoms. The number of aromatic hydroxyl groups is 2. The molecule has 3 N–H and O–H groups in total. The maximum atomic E-state index is 14.0. The minimum atomic E-state index is -2.04. The normalized spacial score (nSPS) is 25.9. The van der Waals surface area contributed by atoms with Gasteiger partial charge in [0.2, 0.25) is 5.78 Å². The van der Waals surface area contributed by atoms with Gasteiger partial charge in [-0.05, 0) is 52.0 Å². The molecule has 3 aliphatic heterocycles. The fraction of sp³-hybridized carbons (Fsp3) is 0.423. The Labute approximate surface area is 202 Å². The number of hydrogen-bond donors (Lipinski definition) is 3. The Morgan fingerprint density at radius 2 is 1.77 bits per heavy atom. The van der Waals surface area contributed by atoms with Crippen LogP contribution in [-0.4, -0.2) is 52.6 Å². The first-order valence-corrected chi connectivity index (χ1v) is 11.2. The largest absolute Gasteiger partial charge is 0.508 e. The number of ether oxygens (including phenoxy) is 5. The van der Waals surface area contributed by atoms with Crippen LogP contribution in [0.25, 0.3) is 6.08 Å². The van der Waals surface area contributed by atoms with Crippen LogP contribution in [0.2, 0.25) is 0 Å². The molecule has 0 spiro atoms. The maximum absolute atomic E-state index is 14.0. The molecule has 0 amide bonds. The van der Waals surface area contributed by atoms with Crippen LogP contribution in [0.15, 0.2) is 24.3 Å². The van der Waals surface area contributed by atoms with E-state index in [1.54, 1.807) is 19.9 Å². The molecule has 9 heteroatoms. The van der Waals surface area contributed by atoms with E-state index in [-0.39, 0.29) is 34.1 Å². The van der Waals surface area contributed by atoms with Gasteiger partial charge in [-0.15, -0.1) is 0 Å². The zero-order valence-corrected chi connectivity index (χ0v) is 20.3.